The number of allylic oxidation sites excluding steroid dienone is 3. The first-order chi connectivity index (χ1) is 10.9. The van der Waals surface area contributed by atoms with E-state index < -0.39 is 0 Å². The first-order valence-corrected chi connectivity index (χ1v) is 8.61. The van der Waals surface area contributed by atoms with Crippen molar-refractivity contribution < 1.29 is 4.79 Å². The van der Waals surface area contributed by atoms with Gasteiger partial charge in [-0.2, -0.15) is 0 Å². The molecule has 1 aliphatic heterocycles. The van der Waals surface area contributed by atoms with Gasteiger partial charge in [-0.05, 0) is 53.8 Å². The van der Waals surface area contributed by atoms with E-state index >= 15 is 0 Å². The van der Waals surface area contributed by atoms with Crippen molar-refractivity contribution >= 4 is 34.2 Å². The number of hydrogen-bond donors (Lipinski definition) is 2. The van der Waals surface area contributed by atoms with Gasteiger partial charge in [0.25, 0.3) is 0 Å². The van der Waals surface area contributed by atoms with Gasteiger partial charge in [-0.1, -0.05) is 20.4 Å². The van der Waals surface area contributed by atoms with Crippen LogP contribution in [0.15, 0.2) is 51.6 Å². The van der Waals surface area contributed by atoms with Gasteiger partial charge in [0.05, 0.1) is 19.0 Å². The summed E-state index contributed by atoms with van der Waals surface area (Å²) in [5.74, 6) is 0.0594. The topological polar surface area (TPSA) is 70.7 Å². The lowest BCUT2D eigenvalue weighted by atomic mass is 9.94. The molecular weight excluding hydrogens is 403 g/mol. The fourth-order valence-electron chi connectivity index (χ4n) is 2.15. The fourth-order valence-corrected chi connectivity index (χ4v) is 2.98. The van der Waals surface area contributed by atoms with E-state index in [0.717, 1.165) is 15.0 Å². The van der Waals surface area contributed by atoms with Gasteiger partial charge in [0.1, 0.15) is 0 Å². The Morgan fingerprint density at radius 3 is 2.83 bits per heavy atom. The van der Waals surface area contributed by atoms with Crippen LogP contribution in [0.25, 0.3) is 0 Å². The molecule has 1 atom stereocenters. The third-order valence-electron chi connectivity index (χ3n) is 3.49. The second kappa shape index (κ2) is 9.54. The average molecular weight is 428 g/mol. The highest BCUT2D eigenvalue weighted by atomic mass is 127. The van der Waals surface area contributed by atoms with Crippen LogP contribution in [-0.2, 0) is 4.79 Å². The summed E-state index contributed by atoms with van der Waals surface area (Å²) in [6, 6.07) is 0. The highest BCUT2D eigenvalue weighted by Gasteiger charge is 2.23. The second-order valence-corrected chi connectivity index (χ2v) is 6.96. The zero-order valence-corrected chi connectivity index (χ0v) is 16.1. The van der Waals surface area contributed by atoms with E-state index in [2.05, 4.69) is 39.5 Å². The standard InChI is InChI=1S/C17H25IN4O/c1-5-22(7-6-19)11-15-9-14(18)8-13(4)20-10-16(12(2)3)17(23)21-15/h5-9,12,16H,1,10-11,19H2,2-4H3,(H,21,23)/b7-6-,14-8+,15-9-,20-13+. The van der Waals surface area contributed by atoms with Crippen LogP contribution in [0.4, 0.5) is 0 Å². The molecule has 1 aliphatic rings. The van der Waals surface area contributed by atoms with E-state index in [1.165, 1.54) is 6.20 Å². The van der Waals surface area contributed by atoms with Crippen LogP contribution in [0.5, 0.6) is 0 Å². The summed E-state index contributed by atoms with van der Waals surface area (Å²) >= 11 is 2.23. The molecule has 0 fully saturated rings. The lowest BCUT2D eigenvalue weighted by Gasteiger charge is -2.23. The molecule has 1 amide bonds. The summed E-state index contributed by atoms with van der Waals surface area (Å²) in [5, 5.41) is 3.03. The van der Waals surface area contributed by atoms with Crippen LogP contribution in [0.2, 0.25) is 0 Å². The van der Waals surface area contributed by atoms with Crippen LogP contribution in [0.3, 0.4) is 0 Å². The molecule has 0 radical (unpaired) electrons. The lowest BCUT2D eigenvalue weighted by molar-refractivity contribution is -0.125. The Morgan fingerprint density at radius 1 is 1.57 bits per heavy atom. The molecule has 0 aliphatic carbocycles. The number of nitrogens with one attached hydrogen (secondary N) is 1. The SMILES string of the molecule is C=CN(/C=C\N)C/C1=C/C(I)=C\C(C)=N\CC(C(C)C)C(=O)N1. The second-order valence-electron chi connectivity index (χ2n) is 5.72. The van der Waals surface area contributed by atoms with Gasteiger partial charge < -0.3 is 16.0 Å². The largest absolute Gasteiger partial charge is 0.403 e. The maximum absolute atomic E-state index is 12.6. The molecule has 6 heteroatoms. The molecule has 5 nitrogen and oxygen atoms in total. The predicted molar refractivity (Wildman–Crippen MR) is 105 cm³/mol. The van der Waals surface area contributed by atoms with Crippen LogP contribution in [-0.4, -0.2) is 29.6 Å². The molecule has 0 spiro atoms. The van der Waals surface area contributed by atoms with E-state index in [0.29, 0.717) is 13.1 Å². The number of carbonyl (C=O) groups is 1. The molecule has 0 aromatic heterocycles. The van der Waals surface area contributed by atoms with Gasteiger partial charge in [-0.15, -0.1) is 0 Å². The summed E-state index contributed by atoms with van der Waals surface area (Å²) < 4.78 is 1.00. The fraction of sp³-hybridized carbons (Fsp3) is 0.412. The Hall–Kier alpha value is -1.57. The summed E-state index contributed by atoms with van der Waals surface area (Å²) in [5.41, 5.74) is 7.16. The summed E-state index contributed by atoms with van der Waals surface area (Å²) in [7, 11) is 0. The van der Waals surface area contributed by atoms with Gasteiger partial charge in [-0.3, -0.25) is 9.79 Å². The number of carbonyl (C=O) groups excluding carboxylic acids is 1. The molecule has 0 aromatic rings. The molecule has 1 unspecified atom stereocenters. The summed E-state index contributed by atoms with van der Waals surface area (Å²) in [6.45, 7) is 10.8. The van der Waals surface area contributed by atoms with E-state index in [4.69, 9.17) is 5.73 Å². The Kier molecular flexibility index (Phi) is 8.08. The molecule has 0 bridgehead atoms. The first-order valence-electron chi connectivity index (χ1n) is 7.53. The zero-order valence-electron chi connectivity index (χ0n) is 13.9. The molecule has 0 saturated heterocycles. The van der Waals surface area contributed by atoms with Gasteiger partial charge in [0.2, 0.25) is 5.91 Å². The summed E-state index contributed by atoms with van der Waals surface area (Å²) in [4.78, 5) is 18.9. The summed E-state index contributed by atoms with van der Waals surface area (Å²) in [6.07, 6.45) is 8.77. The molecule has 23 heavy (non-hydrogen) atoms. The van der Waals surface area contributed by atoms with Gasteiger partial charge in [-0.25, -0.2) is 0 Å². The van der Waals surface area contributed by atoms with Gasteiger partial charge in [0, 0.05) is 27.4 Å². The number of nitrogens with zero attached hydrogens (tertiary/aromatic N) is 2. The minimum Gasteiger partial charge on any atom is -0.403 e. The van der Waals surface area contributed by atoms with Crippen LogP contribution in [0, 0.1) is 11.8 Å². The third kappa shape index (κ3) is 6.60. The quantitative estimate of drug-likeness (QED) is 0.662. The van der Waals surface area contributed by atoms with Crippen molar-refractivity contribution in [1.29, 1.82) is 0 Å². The van der Waals surface area contributed by atoms with E-state index in [-0.39, 0.29) is 17.7 Å². The lowest BCUT2D eigenvalue weighted by Crippen LogP contribution is -2.37. The minimum atomic E-state index is -0.153. The van der Waals surface area contributed by atoms with Crippen molar-refractivity contribution in [2.24, 2.45) is 22.6 Å². The van der Waals surface area contributed by atoms with Crippen molar-refractivity contribution in [2.75, 3.05) is 13.1 Å². The Balaban J connectivity index is 3.15. The van der Waals surface area contributed by atoms with Crippen molar-refractivity contribution in [3.8, 4) is 0 Å². The Labute approximate surface area is 152 Å². The Bertz CT molecular complexity index is 561. The highest BCUT2D eigenvalue weighted by molar-refractivity contribution is 14.1. The van der Waals surface area contributed by atoms with E-state index in [9.17, 15) is 4.79 Å². The third-order valence-corrected chi connectivity index (χ3v) is 4.11. The molecule has 3 N–H and O–H groups in total. The number of aliphatic imine (C=N–C) groups is 1. The van der Waals surface area contributed by atoms with Crippen LogP contribution >= 0.6 is 22.6 Å². The van der Waals surface area contributed by atoms with E-state index in [1.54, 1.807) is 12.4 Å². The van der Waals surface area contributed by atoms with Crippen molar-refractivity contribution in [3.63, 3.8) is 0 Å². The first kappa shape index (κ1) is 19.5. The van der Waals surface area contributed by atoms with Gasteiger partial charge >= 0.3 is 0 Å². The van der Waals surface area contributed by atoms with Gasteiger partial charge in [0.15, 0.2) is 0 Å². The van der Waals surface area contributed by atoms with Crippen molar-refractivity contribution in [3.05, 3.63) is 46.6 Å². The Morgan fingerprint density at radius 2 is 2.26 bits per heavy atom. The van der Waals surface area contributed by atoms with Crippen LogP contribution in [0.1, 0.15) is 20.8 Å². The molecule has 0 aromatic carbocycles. The van der Waals surface area contributed by atoms with Crippen molar-refractivity contribution in [1.82, 2.24) is 10.2 Å². The minimum absolute atomic E-state index is 0.00496. The molecule has 0 saturated carbocycles. The number of amides is 1. The normalized spacial score (nSPS) is 26.6. The van der Waals surface area contributed by atoms with Crippen molar-refractivity contribution in [2.45, 2.75) is 20.8 Å². The van der Waals surface area contributed by atoms with E-state index in [1.807, 2.05) is 37.8 Å². The molecule has 1 heterocycles. The van der Waals surface area contributed by atoms with Crippen LogP contribution < -0.4 is 11.1 Å². The monoisotopic (exact) mass is 428 g/mol. The number of nitrogens with two attached hydrogens (primary N) is 1. The molecular formula is C17H25IN4O. The average Bonchev–Trinajstić information content (AvgIpc) is 2.45. The predicted octanol–water partition coefficient (Wildman–Crippen LogP) is 2.93. The maximum atomic E-state index is 12.6. The highest BCUT2D eigenvalue weighted by Crippen LogP contribution is 2.17. The number of rotatable bonds is 5. The number of hydrogen-bond acceptors (Lipinski definition) is 4. The molecule has 1 rings (SSSR count). The number of halogens is 1. The zero-order chi connectivity index (χ0) is 17.4. The maximum Gasteiger partial charge on any atom is 0.229 e. The molecule has 126 valence electrons. The smallest absolute Gasteiger partial charge is 0.229 e.